The van der Waals surface area contributed by atoms with Crippen molar-refractivity contribution in [3.05, 3.63) is 75.7 Å². The van der Waals surface area contributed by atoms with E-state index in [0.29, 0.717) is 28.5 Å². The summed E-state index contributed by atoms with van der Waals surface area (Å²) < 4.78 is 5.37. The van der Waals surface area contributed by atoms with Crippen molar-refractivity contribution in [2.75, 3.05) is 23.8 Å². The highest BCUT2D eigenvalue weighted by Gasteiger charge is 2.14. The summed E-state index contributed by atoms with van der Waals surface area (Å²) in [4.78, 5) is 29.1. The Labute approximate surface area is 178 Å². The zero-order valence-electron chi connectivity index (χ0n) is 16.6. The van der Waals surface area contributed by atoms with Crippen LogP contribution in [-0.2, 0) is 22.6 Å². The van der Waals surface area contributed by atoms with Crippen LogP contribution in [0, 0.1) is 6.92 Å². The Morgan fingerprint density at radius 2 is 1.83 bits per heavy atom. The lowest BCUT2D eigenvalue weighted by atomic mass is 10.2. The van der Waals surface area contributed by atoms with Crippen LogP contribution in [-0.4, -0.2) is 35.1 Å². The van der Waals surface area contributed by atoms with E-state index >= 15 is 0 Å². The summed E-state index contributed by atoms with van der Waals surface area (Å²) in [6.45, 7) is 2.25. The number of amides is 1. The Hall–Kier alpha value is -3.23. The van der Waals surface area contributed by atoms with Crippen LogP contribution >= 0.6 is 11.3 Å². The van der Waals surface area contributed by atoms with Gasteiger partial charge in [0.1, 0.15) is 11.6 Å². The molecule has 0 radical (unpaired) electrons. The van der Waals surface area contributed by atoms with Gasteiger partial charge in [-0.3, -0.25) is 4.79 Å². The number of aliphatic hydroxyl groups is 1. The first-order valence-electron chi connectivity index (χ1n) is 9.46. The zero-order chi connectivity index (χ0) is 21.3. The number of benzene rings is 2. The number of esters is 1. The highest BCUT2D eigenvalue weighted by Crippen LogP contribution is 2.18. The second-order valence-corrected chi connectivity index (χ2v) is 7.49. The van der Waals surface area contributed by atoms with Crippen molar-refractivity contribution < 1.29 is 19.4 Å². The molecule has 1 amide bonds. The fraction of sp³-hybridized carbons (Fsp3) is 0.227. The normalized spacial score (nSPS) is 10.5. The number of aliphatic hydroxyl groups excluding tert-OH is 1. The number of nitrogens with one attached hydrogen (secondary N) is 2. The highest BCUT2D eigenvalue weighted by atomic mass is 32.1. The number of carbonyl (C=O) groups is 2. The number of carbonyl (C=O) groups excluding carboxylic acids is 2. The molecule has 0 atom stereocenters. The molecule has 0 aliphatic carbocycles. The molecule has 1 heterocycles. The number of hydrogen-bond donors (Lipinski definition) is 3. The van der Waals surface area contributed by atoms with Crippen LogP contribution in [0.4, 0.5) is 11.4 Å². The minimum Gasteiger partial charge on any atom is -0.455 e. The summed E-state index contributed by atoms with van der Waals surface area (Å²) in [5.74, 6) is -0.631. The maximum atomic E-state index is 12.4. The average Bonchev–Trinajstić information content (AvgIpc) is 3.19. The number of nitrogens with zero attached hydrogens (tertiary/aromatic N) is 1. The van der Waals surface area contributed by atoms with E-state index in [1.165, 1.54) is 11.3 Å². The minimum absolute atomic E-state index is 0.0169. The van der Waals surface area contributed by atoms with E-state index < -0.39 is 5.97 Å². The number of thiazole rings is 1. The molecular formula is C22H23N3O4S. The molecule has 0 unspecified atom stereocenters. The summed E-state index contributed by atoms with van der Waals surface area (Å²) in [6, 6.07) is 14.5. The molecule has 30 heavy (non-hydrogen) atoms. The van der Waals surface area contributed by atoms with Crippen LogP contribution in [0.1, 0.15) is 26.6 Å². The van der Waals surface area contributed by atoms with E-state index in [1.54, 1.807) is 29.6 Å². The topological polar surface area (TPSA) is 101 Å². The van der Waals surface area contributed by atoms with Crippen molar-refractivity contribution in [2.24, 2.45) is 0 Å². The fourth-order valence-corrected chi connectivity index (χ4v) is 3.54. The van der Waals surface area contributed by atoms with Crippen molar-refractivity contribution in [1.82, 2.24) is 4.98 Å². The summed E-state index contributed by atoms with van der Waals surface area (Å²) in [6.07, 6.45) is 0.154. The first-order valence-corrected chi connectivity index (χ1v) is 10.3. The van der Waals surface area contributed by atoms with Gasteiger partial charge in [-0.1, -0.05) is 30.3 Å². The van der Waals surface area contributed by atoms with Gasteiger partial charge in [0.05, 0.1) is 24.3 Å². The number of aromatic nitrogens is 1. The maximum Gasteiger partial charge on any atom is 0.340 e. The van der Waals surface area contributed by atoms with Crippen molar-refractivity contribution >= 4 is 34.6 Å². The third-order valence-electron chi connectivity index (χ3n) is 4.26. The van der Waals surface area contributed by atoms with Gasteiger partial charge in [-0.25, -0.2) is 9.78 Å². The van der Waals surface area contributed by atoms with Crippen LogP contribution in [0.2, 0.25) is 0 Å². The van der Waals surface area contributed by atoms with E-state index in [9.17, 15) is 9.59 Å². The van der Waals surface area contributed by atoms with E-state index in [-0.39, 0.29) is 25.5 Å². The number of ether oxygens (including phenoxy) is 1. The van der Waals surface area contributed by atoms with Gasteiger partial charge in [-0.2, -0.15) is 0 Å². The third kappa shape index (κ3) is 5.88. The first-order chi connectivity index (χ1) is 14.6. The fourth-order valence-electron chi connectivity index (χ4n) is 2.76. The Kier molecular flexibility index (Phi) is 7.53. The molecule has 8 heteroatoms. The zero-order valence-corrected chi connectivity index (χ0v) is 17.4. The Morgan fingerprint density at radius 3 is 2.60 bits per heavy atom. The standard InChI is InChI=1S/C22H23N3O4S/c1-15-6-2-4-8-18(15)25-20(27)12-21-24-16(14-30-21)13-29-22(28)17-7-3-5-9-19(17)23-10-11-26/h2-9,14,23,26H,10-13H2,1H3,(H,25,27). The second-order valence-electron chi connectivity index (χ2n) is 6.54. The van der Waals surface area contributed by atoms with Crippen molar-refractivity contribution in [1.29, 1.82) is 0 Å². The number of anilines is 2. The summed E-state index contributed by atoms with van der Waals surface area (Å²) in [5, 5.41) is 17.2. The number of hydrogen-bond acceptors (Lipinski definition) is 7. The molecule has 0 aliphatic rings. The molecular weight excluding hydrogens is 402 g/mol. The Morgan fingerprint density at radius 1 is 1.10 bits per heavy atom. The molecule has 1 aromatic heterocycles. The van der Waals surface area contributed by atoms with Gasteiger partial charge in [0.15, 0.2) is 0 Å². The molecule has 0 bridgehead atoms. The lowest BCUT2D eigenvalue weighted by Gasteiger charge is -2.10. The molecule has 3 aromatic rings. The van der Waals surface area contributed by atoms with Gasteiger partial charge in [0.2, 0.25) is 5.91 Å². The predicted octanol–water partition coefficient (Wildman–Crippen LogP) is 3.39. The van der Waals surface area contributed by atoms with E-state index in [2.05, 4.69) is 15.6 Å². The molecule has 156 valence electrons. The molecule has 0 spiro atoms. The molecule has 0 saturated heterocycles. The average molecular weight is 426 g/mol. The minimum atomic E-state index is -0.483. The highest BCUT2D eigenvalue weighted by molar-refractivity contribution is 7.09. The summed E-state index contributed by atoms with van der Waals surface area (Å²) in [5.41, 5.74) is 3.35. The molecule has 0 saturated carbocycles. The Bertz CT molecular complexity index is 1020. The quantitative estimate of drug-likeness (QED) is 0.455. The lowest BCUT2D eigenvalue weighted by molar-refractivity contribution is -0.115. The SMILES string of the molecule is Cc1ccccc1NC(=O)Cc1nc(COC(=O)c2ccccc2NCCO)cs1. The van der Waals surface area contributed by atoms with E-state index in [0.717, 1.165) is 11.3 Å². The smallest absolute Gasteiger partial charge is 0.340 e. The van der Waals surface area contributed by atoms with Gasteiger partial charge >= 0.3 is 5.97 Å². The van der Waals surface area contributed by atoms with Crippen LogP contribution in [0.15, 0.2) is 53.9 Å². The van der Waals surface area contributed by atoms with Crippen molar-refractivity contribution in [3.8, 4) is 0 Å². The molecule has 7 nitrogen and oxygen atoms in total. The van der Waals surface area contributed by atoms with Crippen LogP contribution in [0.5, 0.6) is 0 Å². The number of para-hydroxylation sites is 2. The van der Waals surface area contributed by atoms with E-state index in [4.69, 9.17) is 9.84 Å². The Balaban J connectivity index is 1.54. The number of aryl methyl sites for hydroxylation is 1. The lowest BCUT2D eigenvalue weighted by Crippen LogP contribution is -2.15. The first kappa shape index (κ1) is 21.5. The maximum absolute atomic E-state index is 12.4. The molecule has 0 aliphatic heterocycles. The predicted molar refractivity (Wildman–Crippen MR) is 117 cm³/mol. The van der Waals surface area contributed by atoms with E-state index in [1.807, 2.05) is 31.2 Å². The summed E-state index contributed by atoms with van der Waals surface area (Å²) >= 11 is 1.35. The van der Waals surface area contributed by atoms with Gasteiger partial charge in [-0.05, 0) is 30.7 Å². The van der Waals surface area contributed by atoms with Crippen molar-refractivity contribution in [2.45, 2.75) is 20.0 Å². The molecule has 2 aromatic carbocycles. The van der Waals surface area contributed by atoms with Gasteiger partial charge < -0.3 is 20.5 Å². The van der Waals surface area contributed by atoms with Gasteiger partial charge in [0, 0.05) is 23.3 Å². The van der Waals surface area contributed by atoms with Gasteiger partial charge in [0.25, 0.3) is 0 Å². The second kappa shape index (κ2) is 10.5. The number of rotatable bonds is 9. The van der Waals surface area contributed by atoms with Crippen LogP contribution in [0.3, 0.4) is 0 Å². The third-order valence-corrected chi connectivity index (χ3v) is 5.15. The molecule has 0 fully saturated rings. The largest absolute Gasteiger partial charge is 0.455 e. The van der Waals surface area contributed by atoms with Crippen LogP contribution in [0.25, 0.3) is 0 Å². The molecule has 3 N–H and O–H groups in total. The van der Waals surface area contributed by atoms with Gasteiger partial charge in [-0.15, -0.1) is 11.3 Å². The summed E-state index contributed by atoms with van der Waals surface area (Å²) in [7, 11) is 0. The van der Waals surface area contributed by atoms with Crippen molar-refractivity contribution in [3.63, 3.8) is 0 Å². The van der Waals surface area contributed by atoms with Crippen LogP contribution < -0.4 is 10.6 Å². The molecule has 3 rings (SSSR count). The monoisotopic (exact) mass is 425 g/mol.